The molecule has 0 unspecified atom stereocenters. The Balaban J connectivity index is 2.27. The third-order valence-electron chi connectivity index (χ3n) is 4.44. The molecule has 1 aromatic rings. The quantitative estimate of drug-likeness (QED) is 0.745. The van der Waals surface area contributed by atoms with Gasteiger partial charge in [-0.1, -0.05) is 48.7 Å². The van der Waals surface area contributed by atoms with Crippen LogP contribution in [0, 0.1) is 5.92 Å². The van der Waals surface area contributed by atoms with E-state index < -0.39 is 0 Å². The van der Waals surface area contributed by atoms with Gasteiger partial charge in [0.2, 0.25) is 0 Å². The Kier molecular flexibility index (Phi) is 6.56. The van der Waals surface area contributed by atoms with Crippen molar-refractivity contribution in [3.63, 3.8) is 0 Å². The average molecular weight is 353 g/mol. The van der Waals surface area contributed by atoms with Gasteiger partial charge in [0.05, 0.1) is 0 Å². The number of hydrogen-bond donors (Lipinski definition) is 1. The molecule has 0 bridgehead atoms. The Morgan fingerprint density at radius 3 is 2.62 bits per heavy atom. The van der Waals surface area contributed by atoms with E-state index in [9.17, 15) is 0 Å². The topological polar surface area (TPSA) is 15.3 Å². The highest BCUT2D eigenvalue weighted by molar-refractivity contribution is 9.10. The summed E-state index contributed by atoms with van der Waals surface area (Å²) < 4.78 is 1.19. The Morgan fingerprint density at radius 2 is 2.00 bits per heavy atom. The summed E-state index contributed by atoms with van der Waals surface area (Å²) in [6.07, 6.45) is 6.74. The van der Waals surface area contributed by atoms with Gasteiger partial charge in [-0.15, -0.1) is 0 Å². The second kappa shape index (κ2) is 8.19. The molecule has 0 aromatic heterocycles. The fourth-order valence-electron chi connectivity index (χ4n) is 3.26. The minimum Gasteiger partial charge on any atom is -0.368 e. The first kappa shape index (κ1) is 16.8. The molecule has 118 valence electrons. The molecule has 21 heavy (non-hydrogen) atoms. The number of benzene rings is 1. The van der Waals surface area contributed by atoms with Crippen LogP contribution in [0.15, 0.2) is 22.7 Å². The lowest BCUT2D eigenvalue weighted by molar-refractivity contribution is 0.527. The first-order valence-corrected chi connectivity index (χ1v) is 9.10. The van der Waals surface area contributed by atoms with Crippen molar-refractivity contribution >= 4 is 21.6 Å². The fraction of sp³-hybridized carbons (Fsp3) is 0.667. The third kappa shape index (κ3) is 4.72. The summed E-state index contributed by atoms with van der Waals surface area (Å²) >= 11 is 3.66. The van der Waals surface area contributed by atoms with Gasteiger partial charge in [-0.05, 0) is 49.9 Å². The van der Waals surface area contributed by atoms with E-state index in [0.29, 0.717) is 0 Å². The van der Waals surface area contributed by atoms with E-state index >= 15 is 0 Å². The van der Waals surface area contributed by atoms with E-state index in [1.165, 1.54) is 54.4 Å². The zero-order chi connectivity index (χ0) is 15.2. The molecule has 0 saturated heterocycles. The predicted molar refractivity (Wildman–Crippen MR) is 96.0 cm³/mol. The largest absolute Gasteiger partial charge is 0.368 e. The summed E-state index contributed by atoms with van der Waals surface area (Å²) in [5.41, 5.74) is 2.84. The Hall–Kier alpha value is -0.540. The van der Waals surface area contributed by atoms with Crippen LogP contribution in [-0.4, -0.2) is 19.6 Å². The van der Waals surface area contributed by atoms with Gasteiger partial charge in [-0.25, -0.2) is 0 Å². The first-order valence-electron chi connectivity index (χ1n) is 8.31. The molecule has 0 spiro atoms. The van der Waals surface area contributed by atoms with Crippen LogP contribution in [0.3, 0.4) is 0 Å². The van der Waals surface area contributed by atoms with Gasteiger partial charge in [0.1, 0.15) is 0 Å². The van der Waals surface area contributed by atoms with Gasteiger partial charge in [-0.3, -0.25) is 0 Å². The van der Waals surface area contributed by atoms with Crippen LogP contribution < -0.4 is 10.2 Å². The van der Waals surface area contributed by atoms with E-state index in [4.69, 9.17) is 0 Å². The van der Waals surface area contributed by atoms with Crippen molar-refractivity contribution in [2.45, 2.75) is 58.5 Å². The van der Waals surface area contributed by atoms with E-state index in [2.05, 4.69) is 58.2 Å². The SMILES string of the molecule is CNCc1ccc(Br)cc1N(CCC(C)C)C1CCCC1. The van der Waals surface area contributed by atoms with Crippen molar-refractivity contribution in [1.29, 1.82) is 0 Å². The highest BCUT2D eigenvalue weighted by Gasteiger charge is 2.24. The van der Waals surface area contributed by atoms with E-state index in [-0.39, 0.29) is 0 Å². The van der Waals surface area contributed by atoms with Gasteiger partial charge >= 0.3 is 0 Å². The maximum absolute atomic E-state index is 3.66. The molecule has 0 amide bonds. The number of nitrogens with one attached hydrogen (secondary N) is 1. The maximum atomic E-state index is 3.66. The van der Waals surface area contributed by atoms with Gasteiger partial charge in [-0.2, -0.15) is 0 Å². The van der Waals surface area contributed by atoms with Crippen molar-refractivity contribution in [3.8, 4) is 0 Å². The molecule has 1 aliphatic carbocycles. The van der Waals surface area contributed by atoms with Crippen LogP contribution in [0.25, 0.3) is 0 Å². The summed E-state index contributed by atoms with van der Waals surface area (Å²) in [5, 5.41) is 3.31. The molecule has 0 aliphatic heterocycles. The van der Waals surface area contributed by atoms with Crippen LogP contribution in [0.4, 0.5) is 5.69 Å². The smallest absolute Gasteiger partial charge is 0.0425 e. The maximum Gasteiger partial charge on any atom is 0.0425 e. The molecule has 1 N–H and O–H groups in total. The van der Waals surface area contributed by atoms with Crippen molar-refractivity contribution < 1.29 is 0 Å². The zero-order valence-corrected chi connectivity index (χ0v) is 15.2. The fourth-order valence-corrected chi connectivity index (χ4v) is 3.61. The van der Waals surface area contributed by atoms with Crippen molar-refractivity contribution in [3.05, 3.63) is 28.2 Å². The van der Waals surface area contributed by atoms with Gasteiger partial charge < -0.3 is 10.2 Å². The molecule has 1 aliphatic rings. The van der Waals surface area contributed by atoms with Crippen LogP contribution in [0.1, 0.15) is 51.5 Å². The number of hydrogen-bond acceptors (Lipinski definition) is 2. The summed E-state index contributed by atoms with van der Waals surface area (Å²) in [7, 11) is 2.03. The molecule has 0 atom stereocenters. The van der Waals surface area contributed by atoms with Crippen molar-refractivity contribution in [2.24, 2.45) is 5.92 Å². The van der Waals surface area contributed by atoms with Gasteiger partial charge in [0.15, 0.2) is 0 Å². The minimum absolute atomic E-state index is 0.730. The van der Waals surface area contributed by atoms with Crippen LogP contribution >= 0.6 is 15.9 Å². The summed E-state index contributed by atoms with van der Waals surface area (Å²) in [6, 6.07) is 7.46. The molecular formula is C18H29BrN2. The van der Waals surface area contributed by atoms with Gasteiger partial charge in [0, 0.05) is 29.3 Å². The number of nitrogens with zero attached hydrogens (tertiary/aromatic N) is 1. The number of anilines is 1. The van der Waals surface area contributed by atoms with Crippen LogP contribution in [0.2, 0.25) is 0 Å². The van der Waals surface area contributed by atoms with Gasteiger partial charge in [0.25, 0.3) is 0 Å². The molecule has 1 fully saturated rings. The highest BCUT2D eigenvalue weighted by atomic mass is 79.9. The first-order chi connectivity index (χ1) is 10.1. The molecule has 3 heteroatoms. The van der Waals surface area contributed by atoms with Crippen LogP contribution in [0.5, 0.6) is 0 Å². The lowest BCUT2D eigenvalue weighted by Crippen LogP contribution is -2.35. The second-order valence-corrected chi connectivity index (χ2v) is 7.53. The van der Waals surface area contributed by atoms with E-state index in [1.807, 2.05) is 7.05 Å². The zero-order valence-electron chi connectivity index (χ0n) is 13.7. The van der Waals surface area contributed by atoms with Crippen molar-refractivity contribution in [2.75, 3.05) is 18.5 Å². The lowest BCUT2D eigenvalue weighted by Gasteiger charge is -2.34. The van der Waals surface area contributed by atoms with Crippen molar-refractivity contribution in [1.82, 2.24) is 5.32 Å². The summed E-state index contributed by atoms with van der Waals surface area (Å²) in [5.74, 6) is 0.758. The highest BCUT2D eigenvalue weighted by Crippen LogP contribution is 2.33. The molecule has 2 rings (SSSR count). The summed E-state index contributed by atoms with van der Waals surface area (Å²) in [6.45, 7) is 6.76. The van der Waals surface area contributed by atoms with E-state index in [0.717, 1.165) is 18.5 Å². The second-order valence-electron chi connectivity index (χ2n) is 6.62. The average Bonchev–Trinajstić information content (AvgIpc) is 2.96. The summed E-state index contributed by atoms with van der Waals surface area (Å²) in [4.78, 5) is 2.68. The predicted octanol–water partition coefficient (Wildman–Crippen LogP) is 4.96. The Labute approximate surface area is 138 Å². The monoisotopic (exact) mass is 352 g/mol. The minimum atomic E-state index is 0.730. The Bertz CT molecular complexity index is 439. The number of rotatable bonds is 7. The molecule has 2 nitrogen and oxygen atoms in total. The van der Waals surface area contributed by atoms with Crippen LogP contribution in [-0.2, 0) is 6.54 Å². The molecular weight excluding hydrogens is 324 g/mol. The lowest BCUT2D eigenvalue weighted by atomic mass is 10.1. The third-order valence-corrected chi connectivity index (χ3v) is 4.93. The number of halogens is 1. The van der Waals surface area contributed by atoms with E-state index in [1.54, 1.807) is 0 Å². The molecule has 0 heterocycles. The normalized spacial score (nSPS) is 15.9. The standard InChI is InChI=1S/C18H29BrN2/c1-14(2)10-11-21(17-6-4-5-7-17)18-12-16(19)9-8-15(18)13-20-3/h8-9,12,14,17,20H,4-7,10-11,13H2,1-3H3. The molecule has 1 saturated carbocycles. The Morgan fingerprint density at radius 1 is 1.29 bits per heavy atom. The molecule has 0 radical (unpaired) electrons. The molecule has 1 aromatic carbocycles.